The van der Waals surface area contributed by atoms with Gasteiger partial charge in [-0.15, -0.1) is 0 Å². The Labute approximate surface area is 98.7 Å². The zero-order valence-electron chi connectivity index (χ0n) is 9.60. The number of carbonyl (C=O) groups is 2. The van der Waals surface area contributed by atoms with Gasteiger partial charge in [0.05, 0.1) is 12.2 Å². The number of amides is 2. The fourth-order valence-corrected chi connectivity index (χ4v) is 1.39. The summed E-state index contributed by atoms with van der Waals surface area (Å²) >= 11 is 0. The van der Waals surface area contributed by atoms with E-state index in [0.717, 1.165) is 0 Å². The van der Waals surface area contributed by atoms with Gasteiger partial charge in [0.1, 0.15) is 12.3 Å². The van der Waals surface area contributed by atoms with E-state index in [-0.39, 0.29) is 19.1 Å². The van der Waals surface area contributed by atoms with Gasteiger partial charge < -0.3 is 26.1 Å². The molecule has 1 aromatic heterocycles. The number of primary amides is 1. The van der Waals surface area contributed by atoms with Crippen molar-refractivity contribution in [2.24, 2.45) is 5.73 Å². The Hall–Kier alpha value is -2.18. The van der Waals surface area contributed by atoms with Gasteiger partial charge in [0, 0.05) is 12.7 Å². The minimum absolute atomic E-state index is 0.0450. The molecule has 0 unspecified atom stereocenters. The van der Waals surface area contributed by atoms with Crippen LogP contribution in [0, 0.1) is 0 Å². The molecule has 0 spiro atoms. The molecular formula is C10H16N4O3. The lowest BCUT2D eigenvalue weighted by Crippen LogP contribution is -2.30. The lowest BCUT2D eigenvalue weighted by atomic mass is 10.4. The standard InChI is InChI=1S/C10H16N4O3/c1-2-14-6-7(11)5-8(14)9(15)13-3-4-17-10(12)16/h5-6H,2-4,11H2,1H3,(H2,12,16)(H,13,15). The maximum Gasteiger partial charge on any atom is 0.404 e. The van der Waals surface area contributed by atoms with Crippen molar-refractivity contribution in [1.82, 2.24) is 9.88 Å². The normalized spacial score (nSPS) is 9.94. The molecule has 0 saturated heterocycles. The molecule has 1 aromatic rings. The number of ether oxygens (including phenoxy) is 1. The smallest absolute Gasteiger partial charge is 0.404 e. The highest BCUT2D eigenvalue weighted by atomic mass is 16.5. The highest BCUT2D eigenvalue weighted by molar-refractivity contribution is 5.93. The summed E-state index contributed by atoms with van der Waals surface area (Å²) < 4.78 is 6.22. The Kier molecular flexibility index (Phi) is 4.38. The maximum atomic E-state index is 11.7. The number of aryl methyl sites for hydroxylation is 1. The Balaban J connectivity index is 2.49. The molecule has 0 radical (unpaired) electrons. The molecule has 1 heterocycles. The van der Waals surface area contributed by atoms with Crippen molar-refractivity contribution in [2.75, 3.05) is 18.9 Å². The minimum atomic E-state index is -0.861. The van der Waals surface area contributed by atoms with Gasteiger partial charge in [-0.05, 0) is 13.0 Å². The first-order valence-corrected chi connectivity index (χ1v) is 5.20. The second kappa shape index (κ2) is 5.78. The molecule has 7 nitrogen and oxygen atoms in total. The number of nitrogen functional groups attached to an aromatic ring is 1. The first kappa shape index (κ1) is 12.9. The van der Waals surface area contributed by atoms with Crippen LogP contribution in [0.15, 0.2) is 12.3 Å². The van der Waals surface area contributed by atoms with Gasteiger partial charge >= 0.3 is 6.09 Å². The summed E-state index contributed by atoms with van der Waals surface area (Å²) in [5.41, 5.74) is 11.4. The number of hydrogen-bond acceptors (Lipinski definition) is 4. The molecular weight excluding hydrogens is 224 g/mol. The first-order valence-electron chi connectivity index (χ1n) is 5.20. The molecule has 1 rings (SSSR count). The minimum Gasteiger partial charge on any atom is -0.448 e. The number of aromatic nitrogens is 1. The topological polar surface area (TPSA) is 112 Å². The summed E-state index contributed by atoms with van der Waals surface area (Å²) in [5.74, 6) is -0.267. The van der Waals surface area contributed by atoms with Gasteiger partial charge in [-0.25, -0.2) is 4.79 Å². The monoisotopic (exact) mass is 240 g/mol. The predicted molar refractivity (Wildman–Crippen MR) is 62.4 cm³/mol. The zero-order chi connectivity index (χ0) is 12.8. The van der Waals surface area contributed by atoms with E-state index in [4.69, 9.17) is 11.5 Å². The van der Waals surface area contributed by atoms with Crippen molar-refractivity contribution in [2.45, 2.75) is 13.5 Å². The lowest BCUT2D eigenvalue weighted by molar-refractivity contribution is 0.0928. The Bertz CT molecular complexity index is 414. The predicted octanol–water partition coefficient (Wildman–Crippen LogP) is -0.0847. The third kappa shape index (κ3) is 3.71. The number of hydrogen-bond donors (Lipinski definition) is 3. The van der Waals surface area contributed by atoms with E-state index in [0.29, 0.717) is 17.9 Å². The van der Waals surface area contributed by atoms with E-state index in [2.05, 4.69) is 10.1 Å². The van der Waals surface area contributed by atoms with Crippen LogP contribution in [-0.2, 0) is 11.3 Å². The van der Waals surface area contributed by atoms with Gasteiger partial charge in [0.2, 0.25) is 0 Å². The summed E-state index contributed by atoms with van der Waals surface area (Å²) in [6, 6.07) is 1.59. The second-order valence-electron chi connectivity index (χ2n) is 3.37. The van der Waals surface area contributed by atoms with E-state index in [1.807, 2.05) is 6.92 Å². The van der Waals surface area contributed by atoms with E-state index in [1.165, 1.54) is 0 Å². The Morgan fingerprint density at radius 1 is 1.53 bits per heavy atom. The van der Waals surface area contributed by atoms with Crippen LogP contribution in [0.25, 0.3) is 0 Å². The molecule has 5 N–H and O–H groups in total. The number of nitrogens with one attached hydrogen (secondary N) is 1. The van der Waals surface area contributed by atoms with Gasteiger partial charge in [0.15, 0.2) is 0 Å². The number of rotatable bonds is 5. The van der Waals surface area contributed by atoms with Gasteiger partial charge in [-0.1, -0.05) is 0 Å². The van der Waals surface area contributed by atoms with E-state index < -0.39 is 6.09 Å². The molecule has 0 bridgehead atoms. The molecule has 2 amide bonds. The first-order chi connectivity index (χ1) is 8.04. The van der Waals surface area contributed by atoms with Crippen LogP contribution >= 0.6 is 0 Å². The molecule has 17 heavy (non-hydrogen) atoms. The summed E-state index contributed by atoms with van der Waals surface area (Å²) in [6.45, 7) is 2.81. The van der Waals surface area contributed by atoms with Crippen LogP contribution in [0.2, 0.25) is 0 Å². The molecule has 7 heteroatoms. The van der Waals surface area contributed by atoms with Crippen LogP contribution in [0.3, 0.4) is 0 Å². The number of nitrogens with two attached hydrogens (primary N) is 2. The van der Waals surface area contributed by atoms with Crippen molar-refractivity contribution in [3.8, 4) is 0 Å². The van der Waals surface area contributed by atoms with Crippen molar-refractivity contribution < 1.29 is 14.3 Å². The number of carbonyl (C=O) groups excluding carboxylic acids is 2. The number of anilines is 1. The van der Waals surface area contributed by atoms with Gasteiger partial charge in [0.25, 0.3) is 5.91 Å². The average molecular weight is 240 g/mol. The molecule has 0 saturated carbocycles. The maximum absolute atomic E-state index is 11.7. The molecule has 94 valence electrons. The van der Waals surface area contributed by atoms with Crippen LogP contribution in [0.4, 0.5) is 10.5 Å². The van der Waals surface area contributed by atoms with Crippen LogP contribution in [0.5, 0.6) is 0 Å². The van der Waals surface area contributed by atoms with Crippen molar-refractivity contribution in [3.63, 3.8) is 0 Å². The third-order valence-corrected chi connectivity index (χ3v) is 2.12. The van der Waals surface area contributed by atoms with Crippen LogP contribution in [-0.4, -0.2) is 29.7 Å². The Morgan fingerprint density at radius 3 is 2.82 bits per heavy atom. The number of nitrogens with zero attached hydrogens (tertiary/aromatic N) is 1. The molecule has 0 atom stereocenters. The fourth-order valence-electron chi connectivity index (χ4n) is 1.39. The SMILES string of the molecule is CCn1cc(N)cc1C(=O)NCCOC(N)=O. The van der Waals surface area contributed by atoms with E-state index in [1.54, 1.807) is 16.8 Å². The summed E-state index contributed by atoms with van der Waals surface area (Å²) in [7, 11) is 0. The lowest BCUT2D eigenvalue weighted by Gasteiger charge is -2.07. The van der Waals surface area contributed by atoms with Crippen molar-refractivity contribution in [1.29, 1.82) is 0 Å². The fraction of sp³-hybridized carbons (Fsp3) is 0.400. The largest absolute Gasteiger partial charge is 0.448 e. The highest BCUT2D eigenvalue weighted by Gasteiger charge is 2.11. The van der Waals surface area contributed by atoms with Crippen molar-refractivity contribution >= 4 is 17.7 Å². The highest BCUT2D eigenvalue weighted by Crippen LogP contribution is 2.10. The summed E-state index contributed by atoms with van der Waals surface area (Å²) in [5, 5.41) is 2.59. The van der Waals surface area contributed by atoms with Crippen LogP contribution < -0.4 is 16.8 Å². The van der Waals surface area contributed by atoms with E-state index >= 15 is 0 Å². The van der Waals surface area contributed by atoms with Crippen LogP contribution in [0.1, 0.15) is 17.4 Å². The molecule has 0 aliphatic carbocycles. The molecule has 0 aromatic carbocycles. The quantitative estimate of drug-likeness (QED) is 0.624. The second-order valence-corrected chi connectivity index (χ2v) is 3.37. The van der Waals surface area contributed by atoms with Crippen molar-refractivity contribution in [3.05, 3.63) is 18.0 Å². The van der Waals surface area contributed by atoms with Gasteiger partial charge in [-0.2, -0.15) is 0 Å². The Morgan fingerprint density at radius 2 is 2.24 bits per heavy atom. The third-order valence-electron chi connectivity index (χ3n) is 2.12. The van der Waals surface area contributed by atoms with E-state index in [9.17, 15) is 9.59 Å². The molecule has 0 fully saturated rings. The molecule has 0 aliphatic rings. The average Bonchev–Trinajstić information content (AvgIpc) is 2.65. The molecule has 0 aliphatic heterocycles. The summed E-state index contributed by atoms with van der Waals surface area (Å²) in [6.07, 6.45) is 0.829. The summed E-state index contributed by atoms with van der Waals surface area (Å²) in [4.78, 5) is 22.0. The van der Waals surface area contributed by atoms with Gasteiger partial charge in [-0.3, -0.25) is 4.79 Å². The zero-order valence-corrected chi connectivity index (χ0v) is 9.60.